The third kappa shape index (κ3) is 4.49. The molecule has 0 saturated heterocycles. The fourth-order valence-corrected chi connectivity index (χ4v) is 2.43. The molecule has 0 aromatic heterocycles. The van der Waals surface area contributed by atoms with Gasteiger partial charge in [0.1, 0.15) is 5.75 Å². The quantitative estimate of drug-likeness (QED) is 0.727. The molecule has 0 fully saturated rings. The highest BCUT2D eigenvalue weighted by atomic mass is 79.9. The van der Waals surface area contributed by atoms with Gasteiger partial charge in [0.2, 0.25) is 0 Å². The van der Waals surface area contributed by atoms with Crippen LogP contribution in [-0.2, 0) is 10.6 Å². The number of rotatable bonds is 6. The lowest BCUT2D eigenvalue weighted by Crippen LogP contribution is -2.15. The van der Waals surface area contributed by atoms with E-state index in [2.05, 4.69) is 15.9 Å². The zero-order chi connectivity index (χ0) is 12.8. The predicted molar refractivity (Wildman–Crippen MR) is 75.0 cm³/mol. The number of hydrogen-bond donors (Lipinski definition) is 0. The van der Waals surface area contributed by atoms with Gasteiger partial charge in [-0.15, -0.1) is 11.6 Å². The summed E-state index contributed by atoms with van der Waals surface area (Å²) < 4.78 is 12.0. The Labute approximate surface area is 116 Å². The van der Waals surface area contributed by atoms with Crippen molar-refractivity contribution in [3.05, 3.63) is 27.7 Å². The van der Waals surface area contributed by atoms with Crippen molar-refractivity contribution in [2.45, 2.75) is 32.3 Å². The van der Waals surface area contributed by atoms with Crippen LogP contribution in [0.1, 0.15) is 24.5 Å². The van der Waals surface area contributed by atoms with Crippen LogP contribution in [0.15, 0.2) is 16.6 Å². The summed E-state index contributed by atoms with van der Waals surface area (Å²) in [6.45, 7) is 4.77. The molecule has 1 aromatic carbocycles. The molecule has 0 aliphatic rings. The second-order valence-electron chi connectivity index (χ2n) is 4.05. The molecule has 1 rings (SSSR count). The van der Waals surface area contributed by atoms with Gasteiger partial charge in [-0.1, -0.05) is 15.9 Å². The Kier molecular flexibility index (Phi) is 6.31. The summed E-state index contributed by atoms with van der Waals surface area (Å²) in [4.78, 5) is 0. The molecular formula is C13H18BrClO2. The summed E-state index contributed by atoms with van der Waals surface area (Å²) in [5, 5.41) is 0. The molecule has 0 aliphatic heterocycles. The van der Waals surface area contributed by atoms with Crippen LogP contribution in [0.25, 0.3) is 0 Å². The van der Waals surface area contributed by atoms with Crippen molar-refractivity contribution >= 4 is 27.5 Å². The monoisotopic (exact) mass is 320 g/mol. The maximum absolute atomic E-state index is 5.94. The van der Waals surface area contributed by atoms with Crippen LogP contribution in [0.3, 0.4) is 0 Å². The summed E-state index contributed by atoms with van der Waals surface area (Å²) >= 11 is 9.40. The van der Waals surface area contributed by atoms with E-state index in [1.54, 1.807) is 7.11 Å². The minimum atomic E-state index is 0.122. The maximum Gasteiger partial charge on any atom is 0.127 e. The number of halogens is 2. The first kappa shape index (κ1) is 14.8. The molecule has 0 heterocycles. The van der Waals surface area contributed by atoms with Gasteiger partial charge >= 0.3 is 0 Å². The number of benzene rings is 1. The average molecular weight is 322 g/mol. The van der Waals surface area contributed by atoms with E-state index >= 15 is 0 Å². The minimum absolute atomic E-state index is 0.122. The fourth-order valence-electron chi connectivity index (χ4n) is 1.61. The molecule has 0 saturated carbocycles. The van der Waals surface area contributed by atoms with Crippen molar-refractivity contribution in [2.75, 3.05) is 13.7 Å². The molecule has 2 nitrogen and oxygen atoms in total. The molecule has 17 heavy (non-hydrogen) atoms. The zero-order valence-corrected chi connectivity index (χ0v) is 12.8. The topological polar surface area (TPSA) is 18.5 Å². The van der Waals surface area contributed by atoms with E-state index < -0.39 is 0 Å². The fraction of sp³-hybridized carbons (Fsp3) is 0.538. The average Bonchev–Trinajstić information content (AvgIpc) is 2.29. The van der Waals surface area contributed by atoms with Crippen LogP contribution in [0.4, 0.5) is 0 Å². The Morgan fingerprint density at radius 1 is 1.41 bits per heavy atom. The lowest BCUT2D eigenvalue weighted by molar-refractivity contribution is 0.134. The van der Waals surface area contributed by atoms with Gasteiger partial charge in [0.05, 0.1) is 12.0 Å². The summed E-state index contributed by atoms with van der Waals surface area (Å²) in [6.07, 6.45) is 0.991. The zero-order valence-electron chi connectivity index (χ0n) is 10.4. The van der Waals surface area contributed by atoms with Gasteiger partial charge in [-0.05, 0) is 31.5 Å². The highest BCUT2D eigenvalue weighted by Gasteiger charge is 2.11. The standard InChI is InChI=1S/C13H18BrClO2/c1-9-6-12(14)7-11(8-15)13(9)17-10(2)4-5-16-3/h6-7,10H,4-5,8H2,1-3H3. The number of hydrogen-bond acceptors (Lipinski definition) is 2. The Bertz CT molecular complexity index is 369. The molecule has 1 aromatic rings. The smallest absolute Gasteiger partial charge is 0.127 e. The van der Waals surface area contributed by atoms with E-state index in [-0.39, 0.29) is 6.10 Å². The van der Waals surface area contributed by atoms with E-state index in [9.17, 15) is 0 Å². The Morgan fingerprint density at radius 3 is 2.71 bits per heavy atom. The lowest BCUT2D eigenvalue weighted by atomic mass is 10.1. The third-order valence-corrected chi connectivity index (χ3v) is 3.25. The molecule has 1 unspecified atom stereocenters. The van der Waals surface area contributed by atoms with Crippen LogP contribution in [0, 0.1) is 6.92 Å². The molecule has 0 radical (unpaired) electrons. The maximum atomic E-state index is 5.94. The molecule has 0 amide bonds. The van der Waals surface area contributed by atoms with E-state index in [0.29, 0.717) is 12.5 Å². The largest absolute Gasteiger partial charge is 0.490 e. The second kappa shape index (κ2) is 7.24. The van der Waals surface area contributed by atoms with Crippen LogP contribution >= 0.6 is 27.5 Å². The van der Waals surface area contributed by atoms with Crippen LogP contribution < -0.4 is 4.74 Å². The number of ether oxygens (including phenoxy) is 2. The third-order valence-electron chi connectivity index (χ3n) is 2.51. The van der Waals surface area contributed by atoms with E-state index in [0.717, 1.165) is 27.8 Å². The molecule has 0 bridgehead atoms. The summed E-state index contributed by atoms with van der Waals surface area (Å²) in [7, 11) is 1.70. The van der Waals surface area contributed by atoms with Crippen LogP contribution in [0.2, 0.25) is 0 Å². The van der Waals surface area contributed by atoms with Crippen molar-refractivity contribution in [3.8, 4) is 5.75 Å². The van der Waals surface area contributed by atoms with Gasteiger partial charge in [0, 0.05) is 30.2 Å². The van der Waals surface area contributed by atoms with Crippen LogP contribution in [-0.4, -0.2) is 19.8 Å². The second-order valence-corrected chi connectivity index (χ2v) is 5.24. The Hall–Kier alpha value is -0.250. The van der Waals surface area contributed by atoms with E-state index in [4.69, 9.17) is 21.1 Å². The van der Waals surface area contributed by atoms with Crippen molar-refractivity contribution in [3.63, 3.8) is 0 Å². The van der Waals surface area contributed by atoms with Gasteiger partial charge in [0.25, 0.3) is 0 Å². The van der Waals surface area contributed by atoms with Crippen molar-refractivity contribution in [1.82, 2.24) is 0 Å². The molecule has 1 atom stereocenters. The predicted octanol–water partition coefficient (Wildman–Crippen LogP) is 4.30. The summed E-state index contributed by atoms with van der Waals surface area (Å²) in [6, 6.07) is 4.03. The number of alkyl halides is 1. The van der Waals surface area contributed by atoms with Crippen molar-refractivity contribution < 1.29 is 9.47 Å². The summed E-state index contributed by atoms with van der Waals surface area (Å²) in [5.41, 5.74) is 2.11. The highest BCUT2D eigenvalue weighted by Crippen LogP contribution is 2.30. The van der Waals surface area contributed by atoms with Crippen LogP contribution in [0.5, 0.6) is 5.75 Å². The molecule has 96 valence electrons. The van der Waals surface area contributed by atoms with Gasteiger partial charge in [0.15, 0.2) is 0 Å². The Balaban J connectivity index is 2.82. The van der Waals surface area contributed by atoms with E-state index in [1.807, 2.05) is 26.0 Å². The number of aryl methyl sites for hydroxylation is 1. The first-order valence-corrected chi connectivity index (χ1v) is 6.91. The van der Waals surface area contributed by atoms with Gasteiger partial charge in [-0.3, -0.25) is 0 Å². The minimum Gasteiger partial charge on any atom is -0.490 e. The molecule has 0 aliphatic carbocycles. The van der Waals surface area contributed by atoms with Gasteiger partial charge in [-0.2, -0.15) is 0 Å². The number of methoxy groups -OCH3 is 1. The lowest BCUT2D eigenvalue weighted by Gasteiger charge is -2.19. The SMILES string of the molecule is COCCC(C)Oc1c(C)cc(Br)cc1CCl. The van der Waals surface area contributed by atoms with Gasteiger partial charge in [-0.25, -0.2) is 0 Å². The first-order chi connectivity index (χ1) is 8.08. The normalized spacial score (nSPS) is 12.5. The van der Waals surface area contributed by atoms with E-state index in [1.165, 1.54) is 0 Å². The molecule has 0 N–H and O–H groups in total. The van der Waals surface area contributed by atoms with Crippen molar-refractivity contribution in [2.24, 2.45) is 0 Å². The van der Waals surface area contributed by atoms with Crippen molar-refractivity contribution in [1.29, 1.82) is 0 Å². The molecule has 0 spiro atoms. The van der Waals surface area contributed by atoms with Gasteiger partial charge < -0.3 is 9.47 Å². The highest BCUT2D eigenvalue weighted by molar-refractivity contribution is 9.10. The summed E-state index contributed by atoms with van der Waals surface area (Å²) in [5.74, 6) is 1.35. The molecular weight excluding hydrogens is 303 g/mol. The Morgan fingerprint density at radius 2 is 2.12 bits per heavy atom. The molecule has 4 heteroatoms. The first-order valence-electron chi connectivity index (χ1n) is 5.59.